The average Bonchev–Trinajstić information content (AvgIpc) is 2.56. The number of aromatic nitrogens is 1. The first-order chi connectivity index (χ1) is 10.8. The molecule has 22 heavy (non-hydrogen) atoms. The summed E-state index contributed by atoms with van der Waals surface area (Å²) in [6, 6.07) is 15.9. The Morgan fingerprint density at radius 2 is 1.27 bits per heavy atom. The van der Waals surface area contributed by atoms with Crippen LogP contribution in [0.2, 0.25) is 0 Å². The van der Waals surface area contributed by atoms with Gasteiger partial charge in [0.2, 0.25) is 0 Å². The molecule has 0 saturated carbocycles. The van der Waals surface area contributed by atoms with E-state index in [1.54, 1.807) is 12.2 Å². The van der Waals surface area contributed by atoms with Gasteiger partial charge in [-0.15, -0.1) is 0 Å². The molecule has 0 unspecified atom stereocenters. The summed E-state index contributed by atoms with van der Waals surface area (Å²) >= 11 is 0. The van der Waals surface area contributed by atoms with Gasteiger partial charge in [-0.25, -0.2) is 9.98 Å². The minimum absolute atomic E-state index is 0.0107. The van der Waals surface area contributed by atoms with Gasteiger partial charge in [0.05, 0.1) is 22.4 Å². The number of fused-ring (bicyclic) bond motifs is 2. The summed E-state index contributed by atoms with van der Waals surface area (Å²) in [7, 11) is 0. The molecule has 0 saturated heterocycles. The van der Waals surface area contributed by atoms with Crippen molar-refractivity contribution in [3.63, 3.8) is 0 Å². The monoisotopic (exact) mass is 284 g/mol. The van der Waals surface area contributed by atoms with Gasteiger partial charge in [0.1, 0.15) is 0 Å². The third-order valence-electron chi connectivity index (χ3n) is 3.64. The highest BCUT2D eigenvalue weighted by Crippen LogP contribution is 2.33. The van der Waals surface area contributed by atoms with Gasteiger partial charge in [0.25, 0.3) is 0 Å². The van der Waals surface area contributed by atoms with Crippen LogP contribution in [0.5, 0.6) is 0 Å². The van der Waals surface area contributed by atoms with Gasteiger partial charge in [-0.05, 0) is 36.4 Å². The number of carbonyl (C=O) groups is 1. The zero-order valence-electron chi connectivity index (χ0n) is 11.7. The number of benzene rings is 2. The van der Waals surface area contributed by atoms with Crippen molar-refractivity contribution in [2.45, 2.75) is 0 Å². The Labute approximate surface area is 127 Å². The Morgan fingerprint density at radius 3 is 1.86 bits per heavy atom. The number of hydrogen-bond donors (Lipinski definition) is 0. The Kier molecular flexibility index (Phi) is 2.90. The topological polar surface area (TPSA) is 42.3 Å². The van der Waals surface area contributed by atoms with Crippen molar-refractivity contribution >= 4 is 39.0 Å². The van der Waals surface area contributed by atoms with E-state index >= 15 is 0 Å². The van der Waals surface area contributed by atoms with Crippen LogP contribution in [-0.2, 0) is 4.79 Å². The molecule has 0 fully saturated rings. The maximum atomic E-state index is 11.2. The van der Waals surface area contributed by atoms with Crippen molar-refractivity contribution in [2.75, 3.05) is 0 Å². The predicted molar refractivity (Wildman–Crippen MR) is 89.6 cm³/mol. The van der Waals surface area contributed by atoms with Crippen LogP contribution >= 0.6 is 0 Å². The number of pyridine rings is 1. The maximum absolute atomic E-state index is 11.2. The zero-order valence-corrected chi connectivity index (χ0v) is 11.7. The Hall–Kier alpha value is -3.07. The van der Waals surface area contributed by atoms with Crippen molar-refractivity contribution in [3.05, 3.63) is 72.8 Å². The van der Waals surface area contributed by atoms with Gasteiger partial charge >= 0.3 is 0 Å². The second kappa shape index (κ2) is 5.04. The van der Waals surface area contributed by atoms with E-state index < -0.39 is 0 Å². The molecule has 0 atom stereocenters. The van der Waals surface area contributed by atoms with Gasteiger partial charge in [0.15, 0.2) is 5.78 Å². The SMILES string of the molecule is O=C1C=CC(=Nc2c3ccccc3nc3ccccc23)C=C1. The van der Waals surface area contributed by atoms with E-state index in [2.05, 4.69) is 4.98 Å². The largest absolute Gasteiger partial charge is 0.290 e. The Morgan fingerprint density at radius 1 is 0.727 bits per heavy atom. The molecule has 3 aromatic rings. The molecule has 0 spiro atoms. The van der Waals surface area contributed by atoms with Crippen molar-refractivity contribution in [3.8, 4) is 0 Å². The fourth-order valence-electron chi connectivity index (χ4n) is 2.59. The molecule has 0 N–H and O–H groups in total. The molecule has 2 aromatic carbocycles. The summed E-state index contributed by atoms with van der Waals surface area (Å²) in [6.07, 6.45) is 6.55. The van der Waals surface area contributed by atoms with Crippen molar-refractivity contribution < 1.29 is 4.79 Å². The lowest BCUT2D eigenvalue weighted by Gasteiger charge is -2.08. The first-order valence-electron chi connectivity index (χ1n) is 7.07. The maximum Gasteiger partial charge on any atom is 0.178 e. The molecule has 0 radical (unpaired) electrons. The van der Waals surface area contributed by atoms with Gasteiger partial charge in [-0.2, -0.15) is 0 Å². The highest BCUT2D eigenvalue weighted by Gasteiger charge is 2.09. The Balaban J connectivity index is 2.05. The normalized spacial score (nSPS) is 14.0. The molecular formula is C19H12N2O. The summed E-state index contributed by atoms with van der Waals surface area (Å²) in [4.78, 5) is 20.7. The van der Waals surface area contributed by atoms with Crippen molar-refractivity contribution in [1.29, 1.82) is 0 Å². The Bertz CT molecular complexity index is 925. The quantitative estimate of drug-likeness (QED) is 0.497. The van der Waals surface area contributed by atoms with E-state index in [4.69, 9.17) is 4.99 Å². The van der Waals surface area contributed by atoms with Crippen molar-refractivity contribution in [2.24, 2.45) is 4.99 Å². The summed E-state index contributed by atoms with van der Waals surface area (Å²) in [5.74, 6) is -0.0107. The molecule has 1 heterocycles. The number of hydrogen-bond acceptors (Lipinski definition) is 3. The van der Waals surface area contributed by atoms with Gasteiger partial charge in [0, 0.05) is 10.8 Å². The van der Waals surface area contributed by atoms with Crippen LogP contribution < -0.4 is 0 Å². The summed E-state index contributed by atoms with van der Waals surface area (Å²) in [6.45, 7) is 0. The van der Waals surface area contributed by atoms with E-state index in [0.717, 1.165) is 33.2 Å². The minimum atomic E-state index is -0.0107. The molecule has 0 amide bonds. The number of nitrogens with zero attached hydrogens (tertiary/aromatic N) is 2. The average molecular weight is 284 g/mol. The van der Waals surface area contributed by atoms with E-state index in [9.17, 15) is 4.79 Å². The number of ketones is 1. The molecule has 1 aromatic heterocycles. The van der Waals surface area contributed by atoms with Gasteiger partial charge < -0.3 is 0 Å². The van der Waals surface area contributed by atoms with Crippen LogP contribution in [0.1, 0.15) is 0 Å². The molecule has 1 aliphatic rings. The molecular weight excluding hydrogens is 272 g/mol. The summed E-state index contributed by atoms with van der Waals surface area (Å²) in [5, 5.41) is 2.01. The molecule has 104 valence electrons. The van der Waals surface area contributed by atoms with Gasteiger partial charge in [-0.1, -0.05) is 36.4 Å². The third-order valence-corrected chi connectivity index (χ3v) is 3.64. The standard InChI is InChI=1S/C19H12N2O/c22-14-11-9-13(10-12-14)20-19-15-5-1-3-7-17(15)21-18-8-4-2-6-16(18)19/h1-12H. The van der Waals surface area contributed by atoms with E-state index in [1.165, 1.54) is 12.2 Å². The van der Waals surface area contributed by atoms with Crippen LogP contribution in [0.15, 0.2) is 77.8 Å². The zero-order chi connectivity index (χ0) is 14.9. The second-order valence-corrected chi connectivity index (χ2v) is 5.10. The molecule has 3 heteroatoms. The number of allylic oxidation sites excluding steroid dienone is 4. The van der Waals surface area contributed by atoms with Crippen LogP contribution in [0.4, 0.5) is 5.69 Å². The summed E-state index contributed by atoms with van der Waals surface area (Å²) < 4.78 is 0. The highest BCUT2D eigenvalue weighted by molar-refractivity contribution is 6.19. The first kappa shape index (κ1) is 12.7. The number of carbonyl (C=O) groups excluding carboxylic acids is 1. The summed E-state index contributed by atoms with van der Waals surface area (Å²) in [5.41, 5.74) is 3.49. The van der Waals surface area contributed by atoms with Crippen LogP contribution in [0, 0.1) is 0 Å². The lowest BCUT2D eigenvalue weighted by atomic mass is 10.1. The van der Waals surface area contributed by atoms with Crippen molar-refractivity contribution in [1.82, 2.24) is 4.98 Å². The molecule has 0 bridgehead atoms. The number of rotatable bonds is 1. The fourth-order valence-corrected chi connectivity index (χ4v) is 2.59. The number of aliphatic imine (C=N–C) groups is 1. The first-order valence-corrected chi connectivity index (χ1v) is 7.07. The molecule has 1 aliphatic carbocycles. The molecule has 4 rings (SSSR count). The fraction of sp³-hybridized carbons (Fsp3) is 0. The second-order valence-electron chi connectivity index (χ2n) is 5.10. The predicted octanol–water partition coefficient (Wildman–Crippen LogP) is 4.16. The third kappa shape index (κ3) is 2.13. The van der Waals surface area contributed by atoms with E-state index in [-0.39, 0.29) is 5.78 Å². The van der Waals surface area contributed by atoms with Crippen LogP contribution in [0.25, 0.3) is 21.8 Å². The molecule has 3 nitrogen and oxygen atoms in total. The lowest BCUT2D eigenvalue weighted by molar-refractivity contribution is -0.110. The van der Waals surface area contributed by atoms with Crippen LogP contribution in [0.3, 0.4) is 0 Å². The van der Waals surface area contributed by atoms with E-state index in [0.29, 0.717) is 0 Å². The lowest BCUT2D eigenvalue weighted by Crippen LogP contribution is -1.98. The number of para-hydroxylation sites is 2. The molecule has 0 aliphatic heterocycles. The minimum Gasteiger partial charge on any atom is -0.290 e. The smallest absolute Gasteiger partial charge is 0.178 e. The van der Waals surface area contributed by atoms with Gasteiger partial charge in [-0.3, -0.25) is 4.79 Å². The van der Waals surface area contributed by atoms with E-state index in [1.807, 2.05) is 48.5 Å². The van der Waals surface area contributed by atoms with Crippen LogP contribution in [-0.4, -0.2) is 16.5 Å². The highest BCUT2D eigenvalue weighted by atomic mass is 16.1.